The molecular formula is C18H30N4O2. The summed E-state index contributed by atoms with van der Waals surface area (Å²) in [5.74, 6) is 3.08. The third kappa shape index (κ3) is 4.35. The zero-order chi connectivity index (χ0) is 17.1. The molecule has 2 fully saturated rings. The molecule has 0 bridgehead atoms. The van der Waals surface area contributed by atoms with Crippen molar-refractivity contribution < 1.29 is 9.32 Å². The highest BCUT2D eigenvalue weighted by Crippen LogP contribution is 2.38. The summed E-state index contributed by atoms with van der Waals surface area (Å²) in [7, 11) is 0. The van der Waals surface area contributed by atoms with Crippen molar-refractivity contribution >= 4 is 5.91 Å². The summed E-state index contributed by atoms with van der Waals surface area (Å²) in [5, 5.41) is 10.6. The predicted molar refractivity (Wildman–Crippen MR) is 91.4 cm³/mol. The molecule has 134 valence electrons. The van der Waals surface area contributed by atoms with E-state index in [0.29, 0.717) is 30.1 Å². The van der Waals surface area contributed by atoms with Crippen LogP contribution in [0, 0.1) is 17.8 Å². The van der Waals surface area contributed by atoms with Gasteiger partial charge in [-0.15, -0.1) is 0 Å². The Morgan fingerprint density at radius 1 is 1.33 bits per heavy atom. The zero-order valence-electron chi connectivity index (χ0n) is 15.0. The number of carbonyl (C=O) groups is 1. The van der Waals surface area contributed by atoms with E-state index in [4.69, 9.17) is 4.52 Å². The Kier molecular flexibility index (Phi) is 5.54. The number of nitrogens with zero attached hydrogens (tertiary/aromatic N) is 2. The number of hydrogen-bond acceptors (Lipinski definition) is 5. The number of amides is 1. The van der Waals surface area contributed by atoms with Gasteiger partial charge in [0.15, 0.2) is 5.82 Å². The molecule has 6 heteroatoms. The minimum Gasteiger partial charge on any atom is -0.344 e. The Balaban J connectivity index is 1.56. The third-order valence-electron chi connectivity index (χ3n) is 5.30. The molecule has 3 rings (SSSR count). The smallest absolute Gasteiger partial charge is 0.249 e. The van der Waals surface area contributed by atoms with Gasteiger partial charge in [-0.25, -0.2) is 0 Å². The summed E-state index contributed by atoms with van der Waals surface area (Å²) >= 11 is 0. The maximum Gasteiger partial charge on any atom is 0.249 e. The summed E-state index contributed by atoms with van der Waals surface area (Å²) in [6.07, 6.45) is 5.26. The molecule has 0 spiro atoms. The molecule has 1 aliphatic heterocycles. The van der Waals surface area contributed by atoms with Crippen molar-refractivity contribution in [2.24, 2.45) is 17.8 Å². The fourth-order valence-corrected chi connectivity index (χ4v) is 3.45. The van der Waals surface area contributed by atoms with Gasteiger partial charge >= 0.3 is 0 Å². The Morgan fingerprint density at radius 2 is 2.12 bits per heavy atom. The summed E-state index contributed by atoms with van der Waals surface area (Å²) < 4.78 is 5.43. The lowest BCUT2D eigenvalue weighted by Crippen LogP contribution is -2.37. The van der Waals surface area contributed by atoms with Crippen molar-refractivity contribution in [1.29, 1.82) is 0 Å². The lowest BCUT2D eigenvalue weighted by atomic mass is 9.85. The molecule has 1 saturated carbocycles. The minimum atomic E-state index is -0.200. The second-order valence-electron chi connectivity index (χ2n) is 7.84. The molecule has 2 aliphatic rings. The molecule has 24 heavy (non-hydrogen) atoms. The van der Waals surface area contributed by atoms with Crippen LogP contribution in [0.4, 0.5) is 0 Å². The van der Waals surface area contributed by atoms with E-state index < -0.39 is 0 Å². The van der Waals surface area contributed by atoms with Crippen molar-refractivity contribution in [3.63, 3.8) is 0 Å². The number of piperidine rings is 1. The Hall–Kier alpha value is -1.43. The first kappa shape index (κ1) is 17.4. The van der Waals surface area contributed by atoms with Gasteiger partial charge in [-0.3, -0.25) is 4.79 Å². The molecule has 1 amide bonds. The summed E-state index contributed by atoms with van der Waals surface area (Å²) in [6, 6.07) is -0.200. The first-order chi connectivity index (χ1) is 11.5. The molecule has 1 aromatic heterocycles. The predicted octanol–water partition coefficient (Wildman–Crippen LogP) is 2.79. The van der Waals surface area contributed by atoms with Gasteiger partial charge in [-0.1, -0.05) is 25.9 Å². The van der Waals surface area contributed by atoms with Gasteiger partial charge in [-0.2, -0.15) is 4.98 Å². The second-order valence-corrected chi connectivity index (χ2v) is 7.84. The van der Waals surface area contributed by atoms with Crippen molar-refractivity contribution in [2.75, 3.05) is 13.1 Å². The first-order valence-corrected chi connectivity index (χ1v) is 9.38. The molecule has 0 aromatic carbocycles. The Bertz CT molecular complexity index is 547. The lowest BCUT2D eigenvalue weighted by Gasteiger charge is -2.28. The summed E-state index contributed by atoms with van der Waals surface area (Å²) in [6.45, 7) is 8.45. The van der Waals surface area contributed by atoms with Crippen LogP contribution in [0.5, 0.6) is 0 Å². The van der Waals surface area contributed by atoms with Crippen LogP contribution in [0.15, 0.2) is 4.52 Å². The molecule has 1 aliphatic carbocycles. The molecule has 3 unspecified atom stereocenters. The van der Waals surface area contributed by atoms with E-state index >= 15 is 0 Å². The lowest BCUT2D eigenvalue weighted by molar-refractivity contribution is -0.123. The largest absolute Gasteiger partial charge is 0.344 e. The minimum absolute atomic E-state index is 0.0814. The maximum absolute atomic E-state index is 12.5. The third-order valence-corrected chi connectivity index (χ3v) is 5.30. The SMILES string of the molecule is CC(C)C(NC(=O)CC(C)C1CCCNC1)c1nc(C2CC2)no1. The monoisotopic (exact) mass is 334 g/mol. The second kappa shape index (κ2) is 7.64. The first-order valence-electron chi connectivity index (χ1n) is 9.38. The van der Waals surface area contributed by atoms with Crippen molar-refractivity contribution in [2.45, 2.75) is 64.8 Å². The molecule has 6 nitrogen and oxygen atoms in total. The average molecular weight is 334 g/mol. The van der Waals surface area contributed by atoms with Gasteiger partial charge in [0.2, 0.25) is 11.8 Å². The molecule has 1 aromatic rings. The van der Waals surface area contributed by atoms with Gasteiger partial charge in [0.25, 0.3) is 0 Å². The normalized spacial score (nSPS) is 23.9. The maximum atomic E-state index is 12.5. The molecule has 1 saturated heterocycles. The number of aromatic nitrogens is 2. The van der Waals surface area contributed by atoms with Gasteiger partial charge < -0.3 is 15.2 Å². The number of nitrogens with one attached hydrogen (secondary N) is 2. The number of rotatable bonds is 7. The zero-order valence-corrected chi connectivity index (χ0v) is 15.0. The van der Waals surface area contributed by atoms with Crippen LogP contribution in [-0.2, 0) is 4.79 Å². The number of carbonyl (C=O) groups excluding carboxylic acids is 1. The number of hydrogen-bond donors (Lipinski definition) is 2. The van der Waals surface area contributed by atoms with Gasteiger partial charge in [0.05, 0.1) is 0 Å². The molecule has 2 N–H and O–H groups in total. The molecule has 3 atom stereocenters. The van der Waals surface area contributed by atoms with E-state index in [1.54, 1.807) is 0 Å². The standard InChI is InChI=1S/C18H30N4O2/c1-11(2)16(18-21-17(22-24-18)13-6-7-13)20-15(23)9-12(3)14-5-4-8-19-10-14/h11-14,16,19H,4-10H2,1-3H3,(H,20,23). The van der Waals surface area contributed by atoms with Crippen molar-refractivity contribution in [3.05, 3.63) is 11.7 Å². The van der Waals surface area contributed by atoms with Crippen LogP contribution in [0.3, 0.4) is 0 Å². The van der Waals surface area contributed by atoms with E-state index in [9.17, 15) is 4.79 Å². The van der Waals surface area contributed by atoms with E-state index in [-0.39, 0.29) is 17.9 Å². The van der Waals surface area contributed by atoms with Crippen LogP contribution < -0.4 is 10.6 Å². The highest BCUT2D eigenvalue weighted by molar-refractivity contribution is 5.76. The molecule has 2 heterocycles. The Labute approximate surface area is 144 Å². The van der Waals surface area contributed by atoms with E-state index in [1.807, 2.05) is 0 Å². The van der Waals surface area contributed by atoms with Crippen LogP contribution in [-0.4, -0.2) is 29.1 Å². The summed E-state index contributed by atoms with van der Waals surface area (Å²) in [5.41, 5.74) is 0. The Morgan fingerprint density at radius 3 is 2.75 bits per heavy atom. The van der Waals surface area contributed by atoms with Crippen molar-refractivity contribution in [1.82, 2.24) is 20.8 Å². The average Bonchev–Trinajstić information content (AvgIpc) is 3.31. The van der Waals surface area contributed by atoms with Crippen LogP contribution in [0.25, 0.3) is 0 Å². The highest BCUT2D eigenvalue weighted by atomic mass is 16.5. The van der Waals surface area contributed by atoms with Crippen LogP contribution >= 0.6 is 0 Å². The van der Waals surface area contributed by atoms with E-state index in [1.165, 1.54) is 12.8 Å². The summed E-state index contributed by atoms with van der Waals surface area (Å²) in [4.78, 5) is 17.0. The fraction of sp³-hybridized carbons (Fsp3) is 0.833. The van der Waals surface area contributed by atoms with E-state index in [2.05, 4.69) is 41.5 Å². The fourth-order valence-electron chi connectivity index (χ4n) is 3.45. The van der Waals surface area contributed by atoms with Gasteiger partial charge in [0, 0.05) is 12.3 Å². The van der Waals surface area contributed by atoms with Gasteiger partial charge in [-0.05, 0) is 56.5 Å². The van der Waals surface area contributed by atoms with Crippen LogP contribution in [0.1, 0.15) is 76.6 Å². The highest BCUT2D eigenvalue weighted by Gasteiger charge is 2.32. The topological polar surface area (TPSA) is 80.0 Å². The molecular weight excluding hydrogens is 304 g/mol. The van der Waals surface area contributed by atoms with Crippen molar-refractivity contribution in [3.8, 4) is 0 Å². The molecule has 0 radical (unpaired) electrons. The van der Waals surface area contributed by atoms with Gasteiger partial charge in [0.1, 0.15) is 6.04 Å². The van der Waals surface area contributed by atoms with Crippen LogP contribution in [0.2, 0.25) is 0 Å². The van der Waals surface area contributed by atoms with E-state index in [0.717, 1.165) is 31.8 Å². The quantitative estimate of drug-likeness (QED) is 0.801.